The van der Waals surface area contributed by atoms with Crippen LogP contribution in [0, 0.1) is 5.92 Å². The van der Waals surface area contributed by atoms with Crippen LogP contribution in [0.4, 0.5) is 0 Å². The summed E-state index contributed by atoms with van der Waals surface area (Å²) in [6.07, 6.45) is 3.71. The molecule has 0 aliphatic rings. The zero-order chi connectivity index (χ0) is 11.0. The molecule has 0 radical (unpaired) electrons. The molecule has 0 rings (SSSR count). The molecule has 0 saturated carbocycles. The van der Waals surface area contributed by atoms with Gasteiger partial charge in [0.05, 0.1) is 0 Å². The first-order valence-corrected chi connectivity index (χ1v) is 6.01. The molecule has 1 unspecified atom stereocenters. The van der Waals surface area contributed by atoms with Crippen LogP contribution in [0.5, 0.6) is 0 Å². The minimum atomic E-state index is 0.488. The van der Waals surface area contributed by atoms with Crippen LogP contribution < -0.4 is 10.6 Å². The molecule has 14 heavy (non-hydrogen) atoms. The molecule has 2 N–H and O–H groups in total. The van der Waals surface area contributed by atoms with E-state index in [1.165, 1.54) is 19.3 Å². The van der Waals surface area contributed by atoms with Crippen LogP contribution in [0.25, 0.3) is 0 Å². The molecule has 0 amide bonds. The number of hydrogen-bond donors (Lipinski definition) is 2. The average molecular weight is 216 g/mol. The molecule has 0 saturated heterocycles. The van der Waals surface area contributed by atoms with Crippen LogP contribution >= 0.6 is 12.2 Å². The van der Waals surface area contributed by atoms with Crippen LogP contribution in [-0.2, 0) is 0 Å². The van der Waals surface area contributed by atoms with E-state index in [0.717, 1.165) is 11.7 Å². The Hall–Kier alpha value is -0.310. The second-order valence-corrected chi connectivity index (χ2v) is 4.70. The second kappa shape index (κ2) is 8.04. The largest absolute Gasteiger partial charge is 0.362 e. The molecule has 0 aromatic heterocycles. The number of thiocarbonyl (C=S) groups is 1. The summed E-state index contributed by atoms with van der Waals surface area (Å²) in [6.45, 7) is 9.69. The van der Waals surface area contributed by atoms with E-state index in [1.807, 2.05) is 0 Å². The SMILES string of the molecule is CCCCC(C)NC(=S)NCC(C)C. The molecule has 1 atom stereocenters. The van der Waals surface area contributed by atoms with E-state index >= 15 is 0 Å². The second-order valence-electron chi connectivity index (χ2n) is 4.29. The van der Waals surface area contributed by atoms with Crippen molar-refractivity contribution < 1.29 is 0 Å². The van der Waals surface area contributed by atoms with E-state index in [2.05, 4.69) is 38.3 Å². The fourth-order valence-corrected chi connectivity index (χ4v) is 1.44. The topological polar surface area (TPSA) is 24.1 Å². The summed E-state index contributed by atoms with van der Waals surface area (Å²) in [5, 5.41) is 7.29. The fourth-order valence-electron chi connectivity index (χ4n) is 1.15. The molecule has 0 heterocycles. The molecule has 0 aromatic rings. The average Bonchev–Trinajstić information content (AvgIpc) is 2.11. The highest BCUT2D eigenvalue weighted by atomic mass is 32.1. The van der Waals surface area contributed by atoms with Gasteiger partial charge in [-0.2, -0.15) is 0 Å². The Kier molecular flexibility index (Phi) is 7.86. The minimum Gasteiger partial charge on any atom is -0.362 e. The monoisotopic (exact) mass is 216 g/mol. The quantitative estimate of drug-likeness (QED) is 0.668. The summed E-state index contributed by atoms with van der Waals surface area (Å²) in [5.41, 5.74) is 0. The number of rotatable bonds is 6. The Morgan fingerprint density at radius 2 is 1.93 bits per heavy atom. The third-order valence-electron chi connectivity index (χ3n) is 2.04. The molecule has 0 aliphatic heterocycles. The van der Waals surface area contributed by atoms with E-state index in [0.29, 0.717) is 12.0 Å². The third kappa shape index (κ3) is 8.30. The van der Waals surface area contributed by atoms with Gasteiger partial charge in [-0.1, -0.05) is 33.6 Å². The van der Waals surface area contributed by atoms with Gasteiger partial charge < -0.3 is 10.6 Å². The zero-order valence-electron chi connectivity index (χ0n) is 9.89. The predicted octanol–water partition coefficient (Wildman–Crippen LogP) is 2.69. The van der Waals surface area contributed by atoms with Crippen LogP contribution in [-0.4, -0.2) is 17.7 Å². The van der Waals surface area contributed by atoms with Gasteiger partial charge in [0.1, 0.15) is 0 Å². The molecule has 84 valence electrons. The van der Waals surface area contributed by atoms with Gasteiger partial charge in [0.2, 0.25) is 0 Å². The minimum absolute atomic E-state index is 0.488. The summed E-state index contributed by atoms with van der Waals surface area (Å²) in [7, 11) is 0. The Balaban J connectivity index is 3.50. The van der Waals surface area contributed by atoms with Gasteiger partial charge in [-0.25, -0.2) is 0 Å². The maximum absolute atomic E-state index is 5.18. The summed E-state index contributed by atoms with van der Waals surface area (Å²) in [5.74, 6) is 0.640. The van der Waals surface area contributed by atoms with E-state index in [-0.39, 0.29) is 0 Å². The Labute approximate surface area is 93.8 Å². The molecule has 0 fully saturated rings. The van der Waals surface area contributed by atoms with Crippen molar-refractivity contribution in [2.45, 2.75) is 53.0 Å². The van der Waals surface area contributed by atoms with Crippen molar-refractivity contribution in [2.75, 3.05) is 6.54 Å². The lowest BCUT2D eigenvalue weighted by molar-refractivity contribution is 0.556. The van der Waals surface area contributed by atoms with E-state index in [1.54, 1.807) is 0 Å². The first-order chi connectivity index (χ1) is 6.56. The van der Waals surface area contributed by atoms with Crippen molar-refractivity contribution in [3.8, 4) is 0 Å². The lowest BCUT2D eigenvalue weighted by atomic mass is 10.1. The van der Waals surface area contributed by atoms with Crippen molar-refractivity contribution in [3.05, 3.63) is 0 Å². The highest BCUT2D eigenvalue weighted by molar-refractivity contribution is 7.80. The molecule has 2 nitrogen and oxygen atoms in total. The molecule has 0 spiro atoms. The molecular weight excluding hydrogens is 192 g/mol. The van der Waals surface area contributed by atoms with Gasteiger partial charge in [-0.05, 0) is 31.5 Å². The zero-order valence-corrected chi connectivity index (χ0v) is 10.7. The summed E-state index contributed by atoms with van der Waals surface area (Å²) in [4.78, 5) is 0. The summed E-state index contributed by atoms with van der Waals surface area (Å²) >= 11 is 5.18. The number of nitrogens with one attached hydrogen (secondary N) is 2. The highest BCUT2D eigenvalue weighted by Crippen LogP contribution is 1.99. The number of unbranched alkanes of at least 4 members (excludes halogenated alkanes) is 1. The molecule has 0 aliphatic carbocycles. The van der Waals surface area contributed by atoms with Crippen molar-refractivity contribution in [1.29, 1.82) is 0 Å². The summed E-state index contributed by atoms with van der Waals surface area (Å²) in [6, 6.07) is 0.488. The van der Waals surface area contributed by atoms with Crippen LogP contribution in [0.1, 0.15) is 47.0 Å². The highest BCUT2D eigenvalue weighted by Gasteiger charge is 2.03. The third-order valence-corrected chi connectivity index (χ3v) is 2.30. The number of hydrogen-bond acceptors (Lipinski definition) is 1. The molecule has 0 bridgehead atoms. The van der Waals surface area contributed by atoms with E-state index < -0.39 is 0 Å². The maximum Gasteiger partial charge on any atom is 0.166 e. The van der Waals surface area contributed by atoms with Crippen LogP contribution in [0.2, 0.25) is 0 Å². The van der Waals surface area contributed by atoms with Gasteiger partial charge in [-0.15, -0.1) is 0 Å². The molecule has 0 aromatic carbocycles. The molecule has 3 heteroatoms. The van der Waals surface area contributed by atoms with Gasteiger partial charge >= 0.3 is 0 Å². The van der Waals surface area contributed by atoms with Crippen molar-refractivity contribution >= 4 is 17.3 Å². The predicted molar refractivity (Wildman–Crippen MR) is 67.6 cm³/mol. The lowest BCUT2D eigenvalue weighted by Gasteiger charge is -2.17. The van der Waals surface area contributed by atoms with E-state index in [4.69, 9.17) is 12.2 Å². The lowest BCUT2D eigenvalue weighted by Crippen LogP contribution is -2.41. The first-order valence-electron chi connectivity index (χ1n) is 5.60. The van der Waals surface area contributed by atoms with Gasteiger partial charge in [-0.3, -0.25) is 0 Å². The van der Waals surface area contributed by atoms with Gasteiger partial charge in [0.25, 0.3) is 0 Å². The standard InChI is InChI=1S/C11H24N2S/c1-5-6-7-10(4)13-11(14)12-8-9(2)3/h9-10H,5-8H2,1-4H3,(H2,12,13,14). The summed E-state index contributed by atoms with van der Waals surface area (Å²) < 4.78 is 0. The van der Waals surface area contributed by atoms with Crippen LogP contribution in [0.15, 0.2) is 0 Å². The molecular formula is C11H24N2S. The maximum atomic E-state index is 5.18. The smallest absolute Gasteiger partial charge is 0.166 e. The van der Waals surface area contributed by atoms with E-state index in [9.17, 15) is 0 Å². The Morgan fingerprint density at radius 3 is 2.43 bits per heavy atom. The Morgan fingerprint density at radius 1 is 1.29 bits per heavy atom. The van der Waals surface area contributed by atoms with Gasteiger partial charge in [0, 0.05) is 12.6 Å². The first kappa shape index (κ1) is 13.7. The van der Waals surface area contributed by atoms with Crippen LogP contribution in [0.3, 0.4) is 0 Å². The van der Waals surface area contributed by atoms with Gasteiger partial charge in [0.15, 0.2) is 5.11 Å². The van der Waals surface area contributed by atoms with Crippen molar-refractivity contribution in [1.82, 2.24) is 10.6 Å². The van der Waals surface area contributed by atoms with Crippen molar-refractivity contribution in [3.63, 3.8) is 0 Å². The fraction of sp³-hybridized carbons (Fsp3) is 0.909. The van der Waals surface area contributed by atoms with Crippen molar-refractivity contribution in [2.24, 2.45) is 5.92 Å². The Bertz CT molecular complexity index is 157. The normalized spacial score (nSPS) is 12.6.